The summed E-state index contributed by atoms with van der Waals surface area (Å²) in [6, 6.07) is 10.3. The van der Waals surface area contributed by atoms with Gasteiger partial charge in [0.1, 0.15) is 5.75 Å². The molecule has 0 N–H and O–H groups in total. The zero-order valence-electron chi connectivity index (χ0n) is 10.7. The second kappa shape index (κ2) is 4.13. The Hall–Kier alpha value is -1.83. The highest BCUT2D eigenvalue weighted by molar-refractivity contribution is 5.97. The number of esters is 1. The maximum absolute atomic E-state index is 11.6. The van der Waals surface area contributed by atoms with Crippen LogP contribution < -0.4 is 4.74 Å². The van der Waals surface area contributed by atoms with Gasteiger partial charge in [-0.2, -0.15) is 0 Å². The van der Waals surface area contributed by atoms with Crippen molar-refractivity contribution in [2.75, 3.05) is 0 Å². The number of fused-ring (bicyclic) bond motifs is 3. The van der Waals surface area contributed by atoms with Crippen LogP contribution in [0.2, 0.25) is 0 Å². The minimum atomic E-state index is -0.133. The van der Waals surface area contributed by atoms with Crippen molar-refractivity contribution in [3.63, 3.8) is 0 Å². The van der Waals surface area contributed by atoms with Crippen molar-refractivity contribution in [1.82, 2.24) is 0 Å². The smallest absolute Gasteiger partial charge is 0.315 e. The topological polar surface area (TPSA) is 26.3 Å². The maximum atomic E-state index is 11.6. The Morgan fingerprint density at radius 3 is 2.89 bits per heavy atom. The zero-order valence-corrected chi connectivity index (χ0v) is 10.7. The summed E-state index contributed by atoms with van der Waals surface area (Å²) in [6.45, 7) is 4.37. The number of rotatable bonds is 2. The molecule has 2 nitrogen and oxygen atoms in total. The summed E-state index contributed by atoms with van der Waals surface area (Å²) in [5.74, 6) is 1.11. The van der Waals surface area contributed by atoms with Gasteiger partial charge in [0.05, 0.1) is 6.42 Å². The van der Waals surface area contributed by atoms with E-state index in [9.17, 15) is 4.79 Å². The molecule has 0 aromatic heterocycles. The van der Waals surface area contributed by atoms with Crippen LogP contribution in [-0.4, -0.2) is 5.97 Å². The summed E-state index contributed by atoms with van der Waals surface area (Å²) in [7, 11) is 0. The lowest BCUT2D eigenvalue weighted by molar-refractivity contribution is -0.131. The monoisotopic (exact) mass is 240 g/mol. The van der Waals surface area contributed by atoms with Crippen LogP contribution in [0.15, 0.2) is 30.3 Å². The van der Waals surface area contributed by atoms with Crippen LogP contribution in [-0.2, 0) is 11.2 Å². The molecule has 0 saturated carbocycles. The average molecular weight is 240 g/mol. The van der Waals surface area contributed by atoms with E-state index in [1.165, 1.54) is 5.56 Å². The van der Waals surface area contributed by atoms with E-state index < -0.39 is 0 Å². The number of hydrogen-bond donors (Lipinski definition) is 0. The van der Waals surface area contributed by atoms with Crippen molar-refractivity contribution in [2.45, 2.75) is 32.6 Å². The minimum Gasteiger partial charge on any atom is -0.425 e. The van der Waals surface area contributed by atoms with Crippen LogP contribution in [0.3, 0.4) is 0 Å². The average Bonchev–Trinajstić information content (AvgIpc) is 2.78. The number of benzene rings is 2. The van der Waals surface area contributed by atoms with Crippen LogP contribution in [0.4, 0.5) is 0 Å². The molecule has 1 atom stereocenters. The maximum Gasteiger partial charge on any atom is 0.315 e. The van der Waals surface area contributed by atoms with Gasteiger partial charge < -0.3 is 4.74 Å². The molecule has 1 aliphatic rings. The van der Waals surface area contributed by atoms with Crippen LogP contribution in [0.1, 0.15) is 37.3 Å². The van der Waals surface area contributed by atoms with E-state index in [1.807, 2.05) is 18.2 Å². The van der Waals surface area contributed by atoms with E-state index in [0.29, 0.717) is 12.3 Å². The van der Waals surface area contributed by atoms with E-state index in [2.05, 4.69) is 26.0 Å². The molecule has 0 aliphatic carbocycles. The second-order valence-electron chi connectivity index (χ2n) is 4.95. The van der Waals surface area contributed by atoms with Crippen LogP contribution in [0.5, 0.6) is 5.75 Å². The lowest BCUT2D eigenvalue weighted by Gasteiger charge is -2.15. The van der Waals surface area contributed by atoms with Crippen LogP contribution in [0, 0.1) is 0 Å². The molecule has 0 saturated heterocycles. The predicted molar refractivity (Wildman–Crippen MR) is 72.0 cm³/mol. The quantitative estimate of drug-likeness (QED) is 0.589. The van der Waals surface area contributed by atoms with E-state index in [-0.39, 0.29) is 5.97 Å². The molecule has 0 amide bonds. The second-order valence-corrected chi connectivity index (χ2v) is 4.95. The minimum absolute atomic E-state index is 0.133. The van der Waals surface area contributed by atoms with Gasteiger partial charge in [-0.3, -0.25) is 4.79 Å². The van der Waals surface area contributed by atoms with Crippen molar-refractivity contribution < 1.29 is 9.53 Å². The lowest BCUT2D eigenvalue weighted by Crippen LogP contribution is -2.01. The van der Waals surface area contributed by atoms with Gasteiger partial charge in [0.25, 0.3) is 0 Å². The molecule has 0 fully saturated rings. The van der Waals surface area contributed by atoms with E-state index in [4.69, 9.17) is 4.74 Å². The van der Waals surface area contributed by atoms with E-state index in [0.717, 1.165) is 28.5 Å². The van der Waals surface area contributed by atoms with Crippen molar-refractivity contribution >= 4 is 16.7 Å². The molecule has 2 aromatic carbocycles. The molecule has 1 aliphatic heterocycles. The summed E-state index contributed by atoms with van der Waals surface area (Å²) in [4.78, 5) is 11.6. The molecule has 18 heavy (non-hydrogen) atoms. The Labute approximate surface area is 107 Å². The molecule has 0 radical (unpaired) electrons. The Kier molecular flexibility index (Phi) is 2.58. The Bertz CT molecular complexity index is 628. The van der Waals surface area contributed by atoms with Crippen LogP contribution in [0.25, 0.3) is 10.8 Å². The van der Waals surface area contributed by atoms with Crippen molar-refractivity contribution in [1.29, 1.82) is 0 Å². The Morgan fingerprint density at radius 2 is 2.11 bits per heavy atom. The van der Waals surface area contributed by atoms with Gasteiger partial charge in [-0.25, -0.2) is 0 Å². The highest BCUT2D eigenvalue weighted by atomic mass is 16.5. The van der Waals surface area contributed by atoms with Crippen LogP contribution >= 0.6 is 0 Å². The molecular formula is C16H16O2. The third-order valence-corrected chi connectivity index (χ3v) is 3.82. The molecular weight excluding hydrogens is 224 g/mol. The van der Waals surface area contributed by atoms with E-state index in [1.54, 1.807) is 0 Å². The largest absolute Gasteiger partial charge is 0.425 e. The fourth-order valence-electron chi connectivity index (χ4n) is 2.63. The Morgan fingerprint density at radius 1 is 1.33 bits per heavy atom. The molecule has 2 heteroatoms. The standard InChI is InChI=1S/C16H16O2/c1-3-10(2)13-8-11-6-4-5-7-12(11)16-14(13)9-15(17)18-16/h4-8,10H,3,9H2,1-2H3. The fourth-order valence-corrected chi connectivity index (χ4v) is 2.63. The highest BCUT2D eigenvalue weighted by Gasteiger charge is 2.27. The molecule has 0 bridgehead atoms. The van der Waals surface area contributed by atoms with Crippen molar-refractivity contribution in [3.05, 3.63) is 41.5 Å². The molecule has 1 heterocycles. The molecule has 0 spiro atoms. The summed E-state index contributed by atoms with van der Waals surface area (Å²) in [5.41, 5.74) is 2.35. The summed E-state index contributed by atoms with van der Waals surface area (Å²) in [6.07, 6.45) is 1.48. The van der Waals surface area contributed by atoms with Gasteiger partial charge in [-0.1, -0.05) is 44.2 Å². The first kappa shape index (κ1) is 11.3. The third-order valence-electron chi connectivity index (χ3n) is 3.82. The van der Waals surface area contributed by atoms with Gasteiger partial charge >= 0.3 is 5.97 Å². The highest BCUT2D eigenvalue weighted by Crippen LogP contribution is 2.40. The zero-order chi connectivity index (χ0) is 12.7. The van der Waals surface area contributed by atoms with Gasteiger partial charge in [0.2, 0.25) is 0 Å². The van der Waals surface area contributed by atoms with Gasteiger partial charge in [0, 0.05) is 10.9 Å². The number of hydrogen-bond acceptors (Lipinski definition) is 2. The van der Waals surface area contributed by atoms with Crippen molar-refractivity contribution in [3.8, 4) is 5.75 Å². The summed E-state index contributed by atoms with van der Waals surface area (Å²) < 4.78 is 5.42. The number of carbonyl (C=O) groups is 1. The molecule has 92 valence electrons. The van der Waals surface area contributed by atoms with Gasteiger partial charge in [-0.05, 0) is 23.3 Å². The number of carbonyl (C=O) groups excluding carboxylic acids is 1. The van der Waals surface area contributed by atoms with Crippen molar-refractivity contribution in [2.24, 2.45) is 0 Å². The lowest BCUT2D eigenvalue weighted by atomic mass is 9.89. The third kappa shape index (κ3) is 1.60. The van der Waals surface area contributed by atoms with E-state index >= 15 is 0 Å². The normalized spacial score (nSPS) is 15.6. The fraction of sp³-hybridized carbons (Fsp3) is 0.312. The van der Waals surface area contributed by atoms with Gasteiger partial charge in [0.15, 0.2) is 0 Å². The summed E-state index contributed by atoms with van der Waals surface area (Å²) in [5, 5.41) is 2.20. The summed E-state index contributed by atoms with van der Waals surface area (Å²) >= 11 is 0. The predicted octanol–water partition coefficient (Wildman–Crippen LogP) is 3.81. The first-order chi connectivity index (χ1) is 8.70. The first-order valence-corrected chi connectivity index (χ1v) is 6.46. The number of ether oxygens (including phenoxy) is 1. The molecule has 2 aromatic rings. The molecule has 1 unspecified atom stereocenters. The SMILES string of the molecule is CCC(C)c1cc2ccccc2c2c1CC(=O)O2. The molecule has 3 rings (SSSR count). The van der Waals surface area contributed by atoms with Gasteiger partial charge in [-0.15, -0.1) is 0 Å². The Balaban J connectivity index is 2.32. The first-order valence-electron chi connectivity index (χ1n) is 6.46.